The maximum atomic E-state index is 12.5. The number of H-pyrrole nitrogens is 1. The Morgan fingerprint density at radius 2 is 2.00 bits per heavy atom. The largest absolute Gasteiger partial charge is 0.508 e. The van der Waals surface area contributed by atoms with Crippen molar-refractivity contribution in [3.8, 4) is 11.5 Å². The molecule has 130 valence electrons. The summed E-state index contributed by atoms with van der Waals surface area (Å²) < 4.78 is 0. The minimum atomic E-state index is -0.426. The van der Waals surface area contributed by atoms with Crippen molar-refractivity contribution in [3.05, 3.63) is 45.2 Å². The average Bonchev–Trinajstić information content (AvgIpc) is 2.89. The average molecular weight is 370 g/mol. The fourth-order valence-electron chi connectivity index (χ4n) is 2.56. The molecule has 2 rings (SSSR count). The van der Waals surface area contributed by atoms with Gasteiger partial charge in [-0.2, -0.15) is 0 Å². The van der Waals surface area contributed by atoms with Crippen molar-refractivity contribution in [3.63, 3.8) is 0 Å². The molecule has 4 nitrogen and oxygen atoms in total. The highest BCUT2D eigenvalue weighted by molar-refractivity contribution is 6.41. The molecule has 0 aliphatic heterocycles. The van der Waals surface area contributed by atoms with Gasteiger partial charge in [-0.25, -0.2) is 0 Å². The number of ketones is 1. The normalized spacial score (nSPS) is 12.3. The van der Waals surface area contributed by atoms with Gasteiger partial charge in [0.05, 0.1) is 16.3 Å². The molecule has 24 heavy (non-hydrogen) atoms. The number of phenolic OH excluding ortho intramolecular Hbond substituents is 2. The molecule has 0 aliphatic rings. The van der Waals surface area contributed by atoms with Gasteiger partial charge in [0.15, 0.2) is 0 Å². The highest BCUT2D eigenvalue weighted by Gasteiger charge is 2.21. The van der Waals surface area contributed by atoms with E-state index in [9.17, 15) is 15.0 Å². The van der Waals surface area contributed by atoms with Crippen molar-refractivity contribution >= 4 is 29.0 Å². The molecule has 2 aromatic rings. The molecule has 0 saturated heterocycles. The second-order valence-corrected chi connectivity index (χ2v) is 6.82. The number of phenols is 2. The summed E-state index contributed by atoms with van der Waals surface area (Å²) in [7, 11) is 0. The second kappa shape index (κ2) is 7.95. The van der Waals surface area contributed by atoms with Gasteiger partial charge in [-0.15, -0.1) is 0 Å². The van der Waals surface area contributed by atoms with Gasteiger partial charge in [0.25, 0.3) is 0 Å². The maximum absolute atomic E-state index is 12.5. The topological polar surface area (TPSA) is 73.3 Å². The van der Waals surface area contributed by atoms with Crippen LogP contribution >= 0.6 is 23.2 Å². The van der Waals surface area contributed by atoms with E-state index in [2.05, 4.69) is 18.8 Å². The molecule has 0 bridgehead atoms. The number of aromatic nitrogens is 1. The third-order valence-electron chi connectivity index (χ3n) is 4.29. The molecule has 1 aromatic heterocycles. The first-order valence-electron chi connectivity index (χ1n) is 7.97. The van der Waals surface area contributed by atoms with Crippen LogP contribution in [0.4, 0.5) is 0 Å². The van der Waals surface area contributed by atoms with Crippen LogP contribution in [0.5, 0.6) is 11.5 Å². The van der Waals surface area contributed by atoms with Crippen LogP contribution in [0.2, 0.25) is 10.2 Å². The molecule has 3 N–H and O–H groups in total. The van der Waals surface area contributed by atoms with Gasteiger partial charge < -0.3 is 15.2 Å². The van der Waals surface area contributed by atoms with Crippen LogP contribution in [0.15, 0.2) is 18.2 Å². The Balaban J connectivity index is 2.25. The summed E-state index contributed by atoms with van der Waals surface area (Å²) in [5.74, 6) is -0.0338. The molecule has 0 fully saturated rings. The number of hydrogen-bond donors (Lipinski definition) is 3. The van der Waals surface area contributed by atoms with E-state index in [-0.39, 0.29) is 32.9 Å². The summed E-state index contributed by atoms with van der Waals surface area (Å²) in [6, 6.07) is 4.24. The molecule has 0 spiro atoms. The third-order valence-corrected chi connectivity index (χ3v) is 4.99. The molecular weight excluding hydrogens is 349 g/mol. The van der Waals surface area contributed by atoms with Gasteiger partial charge in [0, 0.05) is 5.56 Å². The quantitative estimate of drug-likeness (QED) is 0.577. The fraction of sp³-hybridized carbons (Fsp3) is 0.389. The minimum absolute atomic E-state index is 0.00393. The number of rotatable bonds is 7. The number of aromatic hydroxyl groups is 2. The number of carbonyl (C=O) groups is 1. The zero-order valence-corrected chi connectivity index (χ0v) is 15.2. The summed E-state index contributed by atoms with van der Waals surface area (Å²) in [5, 5.41) is 20.9. The van der Waals surface area contributed by atoms with E-state index in [4.69, 9.17) is 23.2 Å². The molecular formula is C18H21Cl2NO3. The van der Waals surface area contributed by atoms with Gasteiger partial charge in [0.2, 0.25) is 5.78 Å². The number of benzene rings is 1. The van der Waals surface area contributed by atoms with E-state index in [1.807, 2.05) is 0 Å². The first kappa shape index (κ1) is 18.7. The van der Waals surface area contributed by atoms with Crippen LogP contribution in [0.25, 0.3) is 0 Å². The van der Waals surface area contributed by atoms with Crippen LogP contribution in [0.3, 0.4) is 0 Å². The lowest BCUT2D eigenvalue weighted by Crippen LogP contribution is -2.04. The number of hydrogen-bond acceptors (Lipinski definition) is 3. The predicted molar refractivity (Wildman–Crippen MR) is 96.4 cm³/mol. The van der Waals surface area contributed by atoms with Crippen molar-refractivity contribution in [1.82, 2.24) is 4.98 Å². The third kappa shape index (κ3) is 4.05. The monoisotopic (exact) mass is 369 g/mol. The molecule has 0 saturated carbocycles. The molecule has 1 aromatic carbocycles. The van der Waals surface area contributed by atoms with Crippen LogP contribution in [0, 0.1) is 5.92 Å². The van der Waals surface area contributed by atoms with Crippen molar-refractivity contribution in [2.24, 2.45) is 5.92 Å². The zero-order valence-electron chi connectivity index (χ0n) is 13.7. The lowest BCUT2D eigenvalue weighted by molar-refractivity contribution is 0.103. The van der Waals surface area contributed by atoms with Crippen molar-refractivity contribution in [2.75, 3.05) is 0 Å². The standard InChI is InChI=1S/C18H21Cl2NO3/c1-3-10(2)5-4-6-11-15(22)8-7-12(16(11)23)17(24)14-9-13(19)18(20)21-14/h7-10,21-23H,3-6H2,1-2H3. The maximum Gasteiger partial charge on any atom is 0.212 e. The van der Waals surface area contributed by atoms with Crippen LogP contribution in [-0.4, -0.2) is 21.0 Å². The molecule has 1 atom stereocenters. The Morgan fingerprint density at radius 3 is 2.58 bits per heavy atom. The lowest BCUT2D eigenvalue weighted by atomic mass is 9.96. The highest BCUT2D eigenvalue weighted by atomic mass is 35.5. The molecule has 0 amide bonds. The Morgan fingerprint density at radius 1 is 1.29 bits per heavy atom. The van der Waals surface area contributed by atoms with Gasteiger partial charge >= 0.3 is 0 Å². The van der Waals surface area contributed by atoms with Crippen LogP contribution < -0.4 is 0 Å². The van der Waals surface area contributed by atoms with Crippen molar-refractivity contribution in [2.45, 2.75) is 39.5 Å². The fourth-order valence-corrected chi connectivity index (χ4v) is 2.87. The molecule has 6 heteroatoms. The number of nitrogens with one attached hydrogen (secondary N) is 1. The molecule has 0 aliphatic carbocycles. The smallest absolute Gasteiger partial charge is 0.212 e. The van der Waals surface area contributed by atoms with E-state index in [1.165, 1.54) is 18.2 Å². The highest BCUT2D eigenvalue weighted by Crippen LogP contribution is 2.34. The first-order chi connectivity index (χ1) is 11.3. The van der Waals surface area contributed by atoms with E-state index in [1.54, 1.807) is 0 Å². The number of halogens is 2. The van der Waals surface area contributed by atoms with Gasteiger partial charge in [0.1, 0.15) is 16.7 Å². The minimum Gasteiger partial charge on any atom is -0.508 e. The SMILES string of the molecule is CCC(C)CCCc1c(O)ccc(C(=O)c2cc(Cl)c(Cl)[nH]2)c1O. The van der Waals surface area contributed by atoms with Gasteiger partial charge in [-0.05, 0) is 37.0 Å². The summed E-state index contributed by atoms with van der Waals surface area (Å²) in [5.41, 5.74) is 0.699. The predicted octanol–water partition coefficient (Wildman–Crippen LogP) is 5.33. The summed E-state index contributed by atoms with van der Waals surface area (Å²) in [6.45, 7) is 4.30. The van der Waals surface area contributed by atoms with Gasteiger partial charge in [-0.3, -0.25) is 4.79 Å². The second-order valence-electron chi connectivity index (χ2n) is 6.04. The van der Waals surface area contributed by atoms with Gasteiger partial charge in [-0.1, -0.05) is 49.9 Å². The molecule has 1 unspecified atom stereocenters. The summed E-state index contributed by atoms with van der Waals surface area (Å²) in [4.78, 5) is 15.2. The Hall–Kier alpha value is -1.65. The first-order valence-corrected chi connectivity index (χ1v) is 8.73. The molecule has 1 heterocycles. The Labute approximate surface area is 151 Å². The lowest BCUT2D eigenvalue weighted by Gasteiger charge is -2.12. The van der Waals surface area contributed by atoms with E-state index < -0.39 is 5.78 Å². The van der Waals surface area contributed by atoms with E-state index in [0.717, 1.165) is 19.3 Å². The molecule has 0 radical (unpaired) electrons. The van der Waals surface area contributed by atoms with Crippen LogP contribution in [0.1, 0.15) is 54.7 Å². The Bertz CT molecular complexity index is 721. The summed E-state index contributed by atoms with van der Waals surface area (Å²) in [6.07, 6.45) is 3.42. The van der Waals surface area contributed by atoms with E-state index >= 15 is 0 Å². The van der Waals surface area contributed by atoms with Crippen molar-refractivity contribution < 1.29 is 15.0 Å². The summed E-state index contributed by atoms with van der Waals surface area (Å²) >= 11 is 11.7. The number of carbonyl (C=O) groups excluding carboxylic acids is 1. The van der Waals surface area contributed by atoms with Crippen LogP contribution in [-0.2, 0) is 6.42 Å². The van der Waals surface area contributed by atoms with Crippen molar-refractivity contribution in [1.29, 1.82) is 0 Å². The number of aromatic amines is 1. The Kier molecular flexibility index (Phi) is 6.19. The van der Waals surface area contributed by atoms with E-state index in [0.29, 0.717) is 17.9 Å². The zero-order chi connectivity index (χ0) is 17.9.